The number of aryl methyl sites for hydroxylation is 2. The highest BCUT2D eigenvalue weighted by atomic mass is 16.5. The second-order valence-electron chi connectivity index (χ2n) is 14.0. The average Bonchev–Trinajstić information content (AvgIpc) is 3.25. The highest BCUT2D eigenvalue weighted by Crippen LogP contribution is 2.40. The van der Waals surface area contributed by atoms with Crippen molar-refractivity contribution in [2.75, 3.05) is 46.4 Å². The minimum Gasteiger partial charge on any atom is -0.492 e. The summed E-state index contributed by atoms with van der Waals surface area (Å²) in [7, 11) is 1.43. The molecule has 1 aliphatic heterocycles. The summed E-state index contributed by atoms with van der Waals surface area (Å²) in [5, 5.41) is 19.7. The summed E-state index contributed by atoms with van der Waals surface area (Å²) in [6, 6.07) is 25.7. The quantitative estimate of drug-likeness (QED) is 0.0957. The molecular weight excluding hydrogens is 753 g/mol. The molecule has 0 aromatic heterocycles. The number of carbonyl (C=O) groups is 5. The van der Waals surface area contributed by atoms with Gasteiger partial charge in [-0.2, -0.15) is 5.26 Å². The lowest BCUT2D eigenvalue weighted by molar-refractivity contribution is -0.139. The number of hydrogen-bond acceptors (Lipinski definition) is 10. The van der Waals surface area contributed by atoms with E-state index >= 15 is 0 Å². The van der Waals surface area contributed by atoms with Crippen LogP contribution >= 0.6 is 0 Å². The molecule has 4 bridgehead atoms. The Bertz CT molecular complexity index is 2160. The number of hydrogen-bond donors (Lipinski definition) is 6. The van der Waals surface area contributed by atoms with E-state index in [-0.39, 0.29) is 39.3 Å². The van der Waals surface area contributed by atoms with Crippen LogP contribution in [0.2, 0.25) is 0 Å². The van der Waals surface area contributed by atoms with Gasteiger partial charge in [-0.15, -0.1) is 0 Å². The zero-order chi connectivity index (χ0) is 42.3. The predicted molar refractivity (Wildman–Crippen MR) is 221 cm³/mol. The van der Waals surface area contributed by atoms with Gasteiger partial charge in [0.2, 0.25) is 23.6 Å². The van der Waals surface area contributed by atoms with Crippen molar-refractivity contribution in [3.05, 3.63) is 119 Å². The number of amides is 5. The van der Waals surface area contributed by atoms with Crippen LogP contribution in [-0.4, -0.2) is 93.0 Å². The van der Waals surface area contributed by atoms with Gasteiger partial charge in [-0.25, -0.2) is 0 Å². The third kappa shape index (κ3) is 11.7. The van der Waals surface area contributed by atoms with Crippen LogP contribution in [0.25, 0.3) is 11.1 Å². The van der Waals surface area contributed by atoms with Gasteiger partial charge in [0.1, 0.15) is 49.4 Å². The van der Waals surface area contributed by atoms with Crippen LogP contribution in [0.5, 0.6) is 11.5 Å². The first kappa shape index (κ1) is 43.4. The lowest BCUT2D eigenvalue weighted by Gasteiger charge is -2.30. The van der Waals surface area contributed by atoms with Crippen molar-refractivity contribution < 1.29 is 33.4 Å². The van der Waals surface area contributed by atoms with Crippen LogP contribution in [-0.2, 0) is 38.4 Å². The van der Waals surface area contributed by atoms with E-state index in [1.165, 1.54) is 24.4 Å². The smallest absolute Gasteiger partial charge is 0.251 e. The maximum Gasteiger partial charge on any atom is 0.251 e. The Hall–Kier alpha value is -6.76. The van der Waals surface area contributed by atoms with Crippen molar-refractivity contribution in [2.24, 2.45) is 11.5 Å². The molecule has 15 heteroatoms. The van der Waals surface area contributed by atoms with Crippen molar-refractivity contribution in [2.45, 2.75) is 44.3 Å². The normalized spacial score (nSPS) is 16.3. The number of carbonyl (C=O) groups excluding carboxylic acids is 5. The Morgan fingerprint density at radius 1 is 0.814 bits per heavy atom. The van der Waals surface area contributed by atoms with Gasteiger partial charge < -0.3 is 47.1 Å². The molecule has 1 aliphatic rings. The van der Waals surface area contributed by atoms with Gasteiger partial charge in [0.25, 0.3) is 5.91 Å². The first-order valence-corrected chi connectivity index (χ1v) is 19.4. The first-order chi connectivity index (χ1) is 28.5. The Morgan fingerprint density at radius 3 is 2.08 bits per heavy atom. The van der Waals surface area contributed by atoms with E-state index < -0.39 is 54.2 Å². The summed E-state index contributed by atoms with van der Waals surface area (Å²) >= 11 is 0. The third-order valence-corrected chi connectivity index (χ3v) is 9.76. The monoisotopic (exact) mass is 802 g/mol. The Morgan fingerprint density at radius 2 is 1.44 bits per heavy atom. The van der Waals surface area contributed by atoms with Crippen molar-refractivity contribution in [3.8, 4) is 28.7 Å². The molecule has 0 saturated carbocycles. The number of nitrogens with one attached hydrogen (secondary N) is 4. The number of likely N-dealkylation sites (N-methyl/N-ethyl adjacent to an activating group) is 1. The SMILES string of the molecule is C[C@@H]1NC(=O)C(N(C)C(=O)CNC(=O)c2ccc(CCc3ccccc3)cc2)c2ccc(OCCN)c(c2)-c2cc(ccc2OCCN)CC(C(=O)NCC#N)NC1=O. The van der Waals surface area contributed by atoms with E-state index in [4.69, 9.17) is 26.2 Å². The fourth-order valence-electron chi connectivity index (χ4n) is 6.62. The molecule has 59 heavy (non-hydrogen) atoms. The number of ether oxygens (including phenoxy) is 2. The largest absolute Gasteiger partial charge is 0.492 e. The predicted octanol–water partition coefficient (Wildman–Crippen LogP) is 1.93. The Balaban J connectivity index is 1.46. The minimum atomic E-state index is -1.31. The number of nitrogens with zero attached hydrogens (tertiary/aromatic N) is 2. The van der Waals surface area contributed by atoms with Crippen LogP contribution in [0, 0.1) is 11.3 Å². The first-order valence-electron chi connectivity index (χ1n) is 19.4. The van der Waals surface area contributed by atoms with Crippen molar-refractivity contribution in [1.82, 2.24) is 26.2 Å². The average molecular weight is 803 g/mol. The minimum absolute atomic E-state index is 0.0243. The standard InChI is InChI=1S/C44H50N8O7/c1-28-41(54)51-36(43(56)48-21-18-45)25-31-12-16-37(58-22-19-46)34(24-31)35-26-33(15-17-38(35)59-23-20-47)40(44(57)50-28)52(2)39(53)27-49-42(55)32-13-10-30(11-14-32)9-8-29-6-4-3-5-7-29/h3-7,10-17,24,26,28,36,40H,8-9,19-23,25,27,46-47H2,1-2H3,(H,48,56)(H,49,55)(H,50,57)(H,51,54)/t28-,36?,40?/m0/s1. The summed E-state index contributed by atoms with van der Waals surface area (Å²) in [4.78, 5) is 69.2. The van der Waals surface area contributed by atoms with E-state index in [1.54, 1.807) is 48.5 Å². The highest BCUT2D eigenvalue weighted by Gasteiger charge is 2.33. The van der Waals surface area contributed by atoms with Crippen LogP contribution in [0.1, 0.15) is 45.6 Å². The molecule has 4 aromatic rings. The molecule has 3 atom stereocenters. The van der Waals surface area contributed by atoms with Crippen LogP contribution in [0.3, 0.4) is 0 Å². The van der Waals surface area contributed by atoms with Crippen molar-refractivity contribution in [3.63, 3.8) is 0 Å². The van der Waals surface area contributed by atoms with Crippen molar-refractivity contribution >= 4 is 29.5 Å². The molecule has 1 heterocycles. The van der Waals surface area contributed by atoms with E-state index in [9.17, 15) is 24.0 Å². The molecule has 4 aromatic carbocycles. The summed E-state index contributed by atoms with van der Waals surface area (Å²) in [6.45, 7) is 1.49. The van der Waals surface area contributed by atoms with E-state index in [0.29, 0.717) is 39.3 Å². The molecule has 308 valence electrons. The summed E-state index contributed by atoms with van der Waals surface area (Å²) < 4.78 is 12.1. The maximum absolute atomic E-state index is 14.3. The maximum atomic E-state index is 14.3. The molecule has 0 radical (unpaired) electrons. The molecule has 15 nitrogen and oxygen atoms in total. The van der Waals surface area contributed by atoms with Crippen LogP contribution < -0.4 is 42.2 Å². The van der Waals surface area contributed by atoms with Crippen LogP contribution in [0.15, 0.2) is 91.0 Å². The summed E-state index contributed by atoms with van der Waals surface area (Å²) in [5.74, 6) is -2.23. The topological polar surface area (TPSA) is 231 Å². The number of benzene rings is 4. The van der Waals surface area contributed by atoms with Crippen molar-refractivity contribution in [1.29, 1.82) is 5.26 Å². The van der Waals surface area contributed by atoms with Gasteiger partial charge in [-0.3, -0.25) is 24.0 Å². The number of fused-ring (bicyclic) bond motifs is 5. The molecule has 0 fully saturated rings. The Kier molecular flexibility index (Phi) is 15.5. The number of nitriles is 1. The molecular formula is C44H50N8O7. The fraction of sp³-hybridized carbons (Fsp3) is 0.318. The van der Waals surface area contributed by atoms with Gasteiger partial charge in [0.05, 0.1) is 12.6 Å². The third-order valence-electron chi connectivity index (χ3n) is 9.76. The van der Waals surface area contributed by atoms with Gasteiger partial charge >= 0.3 is 0 Å². The second kappa shape index (κ2) is 21.1. The van der Waals surface area contributed by atoms with Gasteiger partial charge in [-0.05, 0) is 78.4 Å². The molecule has 5 amide bonds. The summed E-state index contributed by atoms with van der Waals surface area (Å²) in [5.41, 5.74) is 16.2. The lowest BCUT2D eigenvalue weighted by atomic mass is 9.93. The molecule has 8 N–H and O–H groups in total. The van der Waals surface area contributed by atoms with E-state index in [1.807, 2.05) is 36.4 Å². The van der Waals surface area contributed by atoms with E-state index in [2.05, 4.69) is 33.4 Å². The summed E-state index contributed by atoms with van der Waals surface area (Å²) in [6.07, 6.45) is 1.68. The Labute approximate surface area is 343 Å². The van der Waals surface area contributed by atoms with E-state index in [0.717, 1.165) is 18.4 Å². The molecule has 5 rings (SSSR count). The molecule has 0 aliphatic carbocycles. The van der Waals surface area contributed by atoms with Crippen LogP contribution in [0.4, 0.5) is 0 Å². The zero-order valence-electron chi connectivity index (χ0n) is 33.2. The fourth-order valence-corrected chi connectivity index (χ4v) is 6.62. The second-order valence-corrected chi connectivity index (χ2v) is 14.0. The van der Waals surface area contributed by atoms with Gasteiger partial charge in [-0.1, -0.05) is 54.6 Å². The number of rotatable bonds is 15. The zero-order valence-corrected chi connectivity index (χ0v) is 33.2. The van der Waals surface area contributed by atoms with Gasteiger partial charge in [0, 0.05) is 43.2 Å². The molecule has 2 unspecified atom stereocenters. The molecule has 0 saturated heterocycles. The highest BCUT2D eigenvalue weighted by molar-refractivity contribution is 5.98. The lowest BCUT2D eigenvalue weighted by Crippen LogP contribution is -2.55. The molecule has 0 spiro atoms. The van der Waals surface area contributed by atoms with Gasteiger partial charge in [0.15, 0.2) is 0 Å². The number of nitrogens with two attached hydrogens (primary N) is 2.